The number of carbonyl (C=O) groups is 1. The number of halogens is 1. The van der Waals surface area contributed by atoms with E-state index in [9.17, 15) is 4.79 Å². The van der Waals surface area contributed by atoms with Gasteiger partial charge >= 0.3 is 0 Å². The van der Waals surface area contributed by atoms with Gasteiger partial charge < -0.3 is 15.0 Å². The fourth-order valence-electron chi connectivity index (χ4n) is 2.72. The lowest BCUT2D eigenvalue weighted by atomic mass is 10.2. The Labute approximate surface area is 141 Å². The van der Waals surface area contributed by atoms with Gasteiger partial charge in [0.05, 0.1) is 6.10 Å². The first-order valence-electron chi connectivity index (χ1n) is 7.60. The predicted molar refractivity (Wildman–Crippen MR) is 93.5 cm³/mol. The first-order chi connectivity index (χ1) is 11.2. The second-order valence-corrected chi connectivity index (χ2v) is 6.04. The van der Waals surface area contributed by atoms with E-state index in [1.54, 1.807) is 31.4 Å². The summed E-state index contributed by atoms with van der Waals surface area (Å²) >= 11 is 5.83. The number of nitrogens with one attached hydrogen (secondary N) is 1. The molecule has 1 saturated heterocycles. The minimum atomic E-state index is -0.143. The second kappa shape index (κ2) is 7.02. The average Bonchev–Trinajstić information content (AvgIpc) is 3.05. The number of carbonyl (C=O) groups excluding carboxylic acids is 1. The largest absolute Gasteiger partial charge is 0.380 e. The van der Waals surface area contributed by atoms with Crippen molar-refractivity contribution in [3.8, 4) is 0 Å². The summed E-state index contributed by atoms with van der Waals surface area (Å²) in [6, 6.07) is 14.7. The van der Waals surface area contributed by atoms with Crippen LogP contribution < -0.4 is 10.2 Å². The van der Waals surface area contributed by atoms with Crippen LogP contribution in [0.25, 0.3) is 0 Å². The zero-order valence-corrected chi connectivity index (χ0v) is 13.7. The molecule has 1 amide bonds. The van der Waals surface area contributed by atoms with Crippen molar-refractivity contribution < 1.29 is 9.53 Å². The molecule has 2 aromatic carbocycles. The lowest BCUT2D eigenvalue weighted by Gasteiger charge is -2.18. The third kappa shape index (κ3) is 3.84. The maximum absolute atomic E-state index is 12.2. The number of benzene rings is 2. The minimum Gasteiger partial charge on any atom is -0.380 e. The van der Waals surface area contributed by atoms with Crippen molar-refractivity contribution in [2.45, 2.75) is 12.5 Å². The summed E-state index contributed by atoms with van der Waals surface area (Å²) in [7, 11) is 1.75. The molecule has 1 aliphatic heterocycles. The van der Waals surface area contributed by atoms with Gasteiger partial charge in [0.15, 0.2) is 0 Å². The molecule has 5 heteroatoms. The zero-order valence-electron chi connectivity index (χ0n) is 13.0. The molecule has 1 aliphatic rings. The Hall–Kier alpha value is -2.04. The Morgan fingerprint density at radius 3 is 2.48 bits per heavy atom. The van der Waals surface area contributed by atoms with Crippen LogP contribution in [0.5, 0.6) is 0 Å². The molecule has 0 bridgehead atoms. The molecule has 1 heterocycles. The van der Waals surface area contributed by atoms with Crippen LogP contribution in [0.15, 0.2) is 48.5 Å². The molecule has 0 radical (unpaired) electrons. The lowest BCUT2D eigenvalue weighted by molar-refractivity contribution is 0.102. The molecule has 3 rings (SSSR count). The monoisotopic (exact) mass is 330 g/mol. The third-order valence-corrected chi connectivity index (χ3v) is 4.33. The SMILES string of the molecule is COC1CCN(c2ccc(NC(=O)c3ccc(Cl)cc3)cc2)C1. The highest BCUT2D eigenvalue weighted by atomic mass is 35.5. The van der Waals surface area contributed by atoms with Gasteiger partial charge in [0.2, 0.25) is 0 Å². The Balaban J connectivity index is 1.63. The van der Waals surface area contributed by atoms with E-state index in [0.29, 0.717) is 16.7 Å². The highest BCUT2D eigenvalue weighted by Gasteiger charge is 2.22. The quantitative estimate of drug-likeness (QED) is 0.926. The highest BCUT2D eigenvalue weighted by Crippen LogP contribution is 2.23. The molecule has 1 N–H and O–H groups in total. The summed E-state index contributed by atoms with van der Waals surface area (Å²) in [4.78, 5) is 14.5. The van der Waals surface area contributed by atoms with Crippen LogP contribution in [-0.2, 0) is 4.74 Å². The Morgan fingerprint density at radius 1 is 1.17 bits per heavy atom. The van der Waals surface area contributed by atoms with E-state index in [1.165, 1.54) is 0 Å². The van der Waals surface area contributed by atoms with E-state index < -0.39 is 0 Å². The van der Waals surface area contributed by atoms with Crippen LogP contribution in [0.1, 0.15) is 16.8 Å². The van der Waals surface area contributed by atoms with Gasteiger partial charge in [-0.2, -0.15) is 0 Å². The van der Waals surface area contributed by atoms with E-state index in [2.05, 4.69) is 10.2 Å². The van der Waals surface area contributed by atoms with Crippen LogP contribution >= 0.6 is 11.6 Å². The van der Waals surface area contributed by atoms with Gasteiger partial charge in [-0.1, -0.05) is 11.6 Å². The Bertz CT molecular complexity index is 670. The summed E-state index contributed by atoms with van der Waals surface area (Å²) in [5.74, 6) is -0.143. The Morgan fingerprint density at radius 2 is 1.87 bits per heavy atom. The summed E-state index contributed by atoms with van der Waals surface area (Å²) in [5, 5.41) is 3.51. The van der Waals surface area contributed by atoms with Crippen LogP contribution in [0.4, 0.5) is 11.4 Å². The maximum atomic E-state index is 12.2. The molecular formula is C18H19ClN2O2. The van der Waals surface area contributed by atoms with E-state index in [0.717, 1.165) is 30.9 Å². The summed E-state index contributed by atoms with van der Waals surface area (Å²) < 4.78 is 5.39. The van der Waals surface area contributed by atoms with Crippen molar-refractivity contribution in [1.29, 1.82) is 0 Å². The molecule has 0 aliphatic carbocycles. The number of rotatable bonds is 4. The fraction of sp³-hybridized carbons (Fsp3) is 0.278. The van der Waals surface area contributed by atoms with Gasteiger partial charge in [0.1, 0.15) is 0 Å². The first kappa shape index (κ1) is 15.8. The van der Waals surface area contributed by atoms with Crippen molar-refractivity contribution >= 4 is 28.9 Å². The molecule has 1 fully saturated rings. The Kier molecular flexibility index (Phi) is 4.84. The van der Waals surface area contributed by atoms with Gasteiger partial charge in [-0.3, -0.25) is 4.79 Å². The molecule has 0 saturated carbocycles. The predicted octanol–water partition coefficient (Wildman–Crippen LogP) is 3.82. The van der Waals surface area contributed by atoms with E-state index in [1.807, 2.05) is 24.3 Å². The number of nitrogens with zero attached hydrogens (tertiary/aromatic N) is 1. The maximum Gasteiger partial charge on any atom is 0.255 e. The standard InChI is InChI=1S/C18H19ClN2O2/c1-23-17-10-11-21(12-17)16-8-6-15(7-9-16)20-18(22)13-2-4-14(19)5-3-13/h2-9,17H,10-12H2,1H3,(H,20,22). The van der Waals surface area contributed by atoms with E-state index in [-0.39, 0.29) is 5.91 Å². The van der Waals surface area contributed by atoms with Crippen LogP contribution in [-0.4, -0.2) is 32.2 Å². The molecule has 1 unspecified atom stereocenters. The number of methoxy groups -OCH3 is 1. The normalized spacial score (nSPS) is 17.3. The average molecular weight is 331 g/mol. The van der Waals surface area contributed by atoms with Gasteiger partial charge in [-0.05, 0) is 55.0 Å². The zero-order chi connectivity index (χ0) is 16.2. The van der Waals surface area contributed by atoms with Crippen LogP contribution in [0.3, 0.4) is 0 Å². The number of hydrogen-bond acceptors (Lipinski definition) is 3. The van der Waals surface area contributed by atoms with Crippen molar-refractivity contribution in [2.75, 3.05) is 30.4 Å². The molecule has 4 nitrogen and oxygen atoms in total. The van der Waals surface area contributed by atoms with Crippen molar-refractivity contribution in [1.82, 2.24) is 0 Å². The van der Waals surface area contributed by atoms with Gasteiger partial charge in [-0.25, -0.2) is 0 Å². The number of hydrogen-bond donors (Lipinski definition) is 1. The minimum absolute atomic E-state index is 0.143. The number of amides is 1. The molecule has 0 spiro atoms. The number of anilines is 2. The van der Waals surface area contributed by atoms with Crippen LogP contribution in [0.2, 0.25) is 5.02 Å². The summed E-state index contributed by atoms with van der Waals surface area (Å²) in [5.41, 5.74) is 2.51. The van der Waals surface area contributed by atoms with E-state index >= 15 is 0 Å². The fourth-order valence-corrected chi connectivity index (χ4v) is 2.84. The first-order valence-corrected chi connectivity index (χ1v) is 7.98. The molecule has 2 aromatic rings. The van der Waals surface area contributed by atoms with Crippen molar-refractivity contribution in [2.24, 2.45) is 0 Å². The molecular weight excluding hydrogens is 312 g/mol. The molecule has 0 aromatic heterocycles. The van der Waals surface area contributed by atoms with Gasteiger partial charge in [0.25, 0.3) is 5.91 Å². The van der Waals surface area contributed by atoms with Crippen molar-refractivity contribution in [3.63, 3.8) is 0 Å². The third-order valence-electron chi connectivity index (χ3n) is 4.08. The number of ether oxygens (including phenoxy) is 1. The smallest absolute Gasteiger partial charge is 0.255 e. The summed E-state index contributed by atoms with van der Waals surface area (Å²) in [6.07, 6.45) is 1.35. The van der Waals surface area contributed by atoms with Crippen molar-refractivity contribution in [3.05, 3.63) is 59.1 Å². The molecule has 120 valence electrons. The molecule has 1 atom stereocenters. The van der Waals surface area contributed by atoms with Crippen LogP contribution in [0, 0.1) is 0 Å². The van der Waals surface area contributed by atoms with Gasteiger partial charge in [0, 0.05) is 42.2 Å². The van der Waals surface area contributed by atoms with Gasteiger partial charge in [-0.15, -0.1) is 0 Å². The molecule has 23 heavy (non-hydrogen) atoms. The highest BCUT2D eigenvalue weighted by molar-refractivity contribution is 6.30. The summed E-state index contributed by atoms with van der Waals surface area (Å²) in [6.45, 7) is 1.90. The van der Waals surface area contributed by atoms with E-state index in [4.69, 9.17) is 16.3 Å². The second-order valence-electron chi connectivity index (χ2n) is 5.60. The lowest BCUT2D eigenvalue weighted by Crippen LogP contribution is -2.22. The topological polar surface area (TPSA) is 41.6 Å².